The van der Waals surface area contributed by atoms with E-state index in [2.05, 4.69) is 10.3 Å². The summed E-state index contributed by atoms with van der Waals surface area (Å²) < 4.78 is 0. The monoisotopic (exact) mass is 262 g/mol. The van der Waals surface area contributed by atoms with Crippen molar-refractivity contribution in [2.24, 2.45) is 0 Å². The van der Waals surface area contributed by atoms with Crippen LogP contribution in [0.25, 0.3) is 0 Å². The topological polar surface area (TPSA) is 62.2 Å². The molecule has 1 heterocycles. The molecule has 0 saturated heterocycles. The summed E-state index contributed by atoms with van der Waals surface area (Å²) in [5, 5.41) is 15.2. The lowest BCUT2D eigenvalue weighted by Crippen LogP contribution is -2.28. The first kappa shape index (κ1) is 12.7. The van der Waals surface area contributed by atoms with Crippen LogP contribution in [0, 0.1) is 6.92 Å². The first-order valence-electron chi connectivity index (χ1n) is 5.59. The highest BCUT2D eigenvalue weighted by molar-refractivity contribution is 7.09. The van der Waals surface area contributed by atoms with Gasteiger partial charge >= 0.3 is 5.97 Å². The van der Waals surface area contributed by atoms with Crippen molar-refractivity contribution in [3.8, 4) is 0 Å². The van der Waals surface area contributed by atoms with E-state index in [0.717, 1.165) is 16.3 Å². The van der Waals surface area contributed by atoms with Crippen LogP contribution in [-0.2, 0) is 11.3 Å². The molecule has 2 aromatic rings. The first-order valence-corrected chi connectivity index (χ1v) is 6.47. The first-order chi connectivity index (χ1) is 8.66. The molecule has 1 aromatic heterocycles. The molecule has 1 aromatic carbocycles. The van der Waals surface area contributed by atoms with Crippen LogP contribution in [-0.4, -0.2) is 16.1 Å². The van der Waals surface area contributed by atoms with E-state index in [9.17, 15) is 9.90 Å². The maximum absolute atomic E-state index is 11.2. The maximum atomic E-state index is 11.2. The van der Waals surface area contributed by atoms with Crippen LogP contribution < -0.4 is 5.32 Å². The predicted molar refractivity (Wildman–Crippen MR) is 70.5 cm³/mol. The van der Waals surface area contributed by atoms with Crippen molar-refractivity contribution in [1.82, 2.24) is 10.3 Å². The number of carboxylic acid groups (broad SMARTS) is 1. The fourth-order valence-corrected chi connectivity index (χ4v) is 2.30. The average molecular weight is 262 g/mol. The Balaban J connectivity index is 2.06. The van der Waals surface area contributed by atoms with Gasteiger partial charge in [-0.1, -0.05) is 30.3 Å². The number of carbonyl (C=O) groups is 1. The van der Waals surface area contributed by atoms with Crippen LogP contribution in [0.3, 0.4) is 0 Å². The number of nitrogens with one attached hydrogen (secondary N) is 1. The van der Waals surface area contributed by atoms with Gasteiger partial charge in [-0.15, -0.1) is 11.3 Å². The Kier molecular flexibility index (Phi) is 4.07. The van der Waals surface area contributed by atoms with Gasteiger partial charge in [0.2, 0.25) is 0 Å². The number of hydrogen-bond acceptors (Lipinski definition) is 4. The van der Waals surface area contributed by atoms with Gasteiger partial charge in [-0.3, -0.25) is 10.1 Å². The Morgan fingerprint density at radius 1 is 1.44 bits per heavy atom. The Hall–Kier alpha value is -1.72. The van der Waals surface area contributed by atoms with Crippen LogP contribution in [0.5, 0.6) is 0 Å². The Morgan fingerprint density at radius 2 is 2.17 bits per heavy atom. The lowest BCUT2D eigenvalue weighted by atomic mass is 10.1. The van der Waals surface area contributed by atoms with Crippen molar-refractivity contribution in [3.63, 3.8) is 0 Å². The van der Waals surface area contributed by atoms with Crippen molar-refractivity contribution >= 4 is 17.3 Å². The fourth-order valence-electron chi connectivity index (χ4n) is 1.69. The lowest BCUT2D eigenvalue weighted by Gasteiger charge is -2.13. The van der Waals surface area contributed by atoms with E-state index in [4.69, 9.17) is 0 Å². The van der Waals surface area contributed by atoms with Crippen LogP contribution >= 0.6 is 11.3 Å². The van der Waals surface area contributed by atoms with Gasteiger partial charge in [0.05, 0.1) is 10.7 Å². The third-order valence-electron chi connectivity index (χ3n) is 2.53. The van der Waals surface area contributed by atoms with Crippen LogP contribution in [0.2, 0.25) is 0 Å². The van der Waals surface area contributed by atoms with Crippen molar-refractivity contribution in [2.75, 3.05) is 0 Å². The van der Waals surface area contributed by atoms with Crippen molar-refractivity contribution < 1.29 is 9.90 Å². The predicted octanol–water partition coefficient (Wildman–Crippen LogP) is 2.37. The van der Waals surface area contributed by atoms with Gasteiger partial charge < -0.3 is 5.11 Å². The van der Waals surface area contributed by atoms with Crippen LogP contribution in [0.15, 0.2) is 35.7 Å². The molecular weight excluding hydrogens is 248 g/mol. The Labute approximate surface area is 109 Å². The number of aromatic nitrogens is 1. The number of benzene rings is 1. The molecule has 18 heavy (non-hydrogen) atoms. The standard InChI is InChI=1S/C13H14N2O2S/c1-9-15-11(8-18-9)7-14-12(13(16)17)10-5-3-2-4-6-10/h2-6,8,12,14H,7H2,1H3,(H,16,17). The number of hydrogen-bond donors (Lipinski definition) is 2. The summed E-state index contributed by atoms with van der Waals surface area (Å²) in [5.74, 6) is -0.881. The van der Waals surface area contributed by atoms with Crippen molar-refractivity contribution in [1.29, 1.82) is 0 Å². The summed E-state index contributed by atoms with van der Waals surface area (Å²) in [6.07, 6.45) is 0. The van der Waals surface area contributed by atoms with Gasteiger partial charge in [-0.05, 0) is 12.5 Å². The highest BCUT2D eigenvalue weighted by Crippen LogP contribution is 2.14. The second-order valence-corrected chi connectivity index (χ2v) is 4.98. The molecular formula is C13H14N2O2S. The summed E-state index contributed by atoms with van der Waals surface area (Å²) >= 11 is 1.56. The van der Waals surface area contributed by atoms with Gasteiger partial charge in [-0.2, -0.15) is 0 Å². The summed E-state index contributed by atoms with van der Waals surface area (Å²) in [4.78, 5) is 15.5. The number of thiazole rings is 1. The normalized spacial score (nSPS) is 12.3. The molecule has 5 heteroatoms. The third kappa shape index (κ3) is 3.15. The molecule has 0 fully saturated rings. The summed E-state index contributed by atoms with van der Waals surface area (Å²) in [7, 11) is 0. The van der Waals surface area contributed by atoms with E-state index >= 15 is 0 Å². The molecule has 2 rings (SSSR count). The maximum Gasteiger partial charge on any atom is 0.325 e. The number of aliphatic carboxylic acids is 1. The Bertz CT molecular complexity index is 525. The molecule has 1 unspecified atom stereocenters. The molecule has 0 bridgehead atoms. The van der Waals surface area contributed by atoms with E-state index in [1.165, 1.54) is 0 Å². The zero-order valence-corrected chi connectivity index (χ0v) is 10.8. The minimum absolute atomic E-state index is 0.455. The van der Waals surface area contributed by atoms with E-state index in [-0.39, 0.29) is 0 Å². The quantitative estimate of drug-likeness (QED) is 0.868. The van der Waals surface area contributed by atoms with Gasteiger partial charge in [0.25, 0.3) is 0 Å². The summed E-state index contributed by atoms with van der Waals surface area (Å²) in [5.41, 5.74) is 1.62. The molecule has 1 atom stereocenters. The molecule has 0 radical (unpaired) electrons. The second kappa shape index (κ2) is 5.75. The highest BCUT2D eigenvalue weighted by atomic mass is 32.1. The van der Waals surface area contributed by atoms with Crippen molar-refractivity contribution in [2.45, 2.75) is 19.5 Å². The van der Waals surface area contributed by atoms with Gasteiger partial charge in [0, 0.05) is 11.9 Å². The molecule has 0 aliphatic rings. The fraction of sp³-hybridized carbons (Fsp3) is 0.231. The third-order valence-corrected chi connectivity index (χ3v) is 3.36. The molecule has 0 aliphatic heterocycles. The molecule has 2 N–H and O–H groups in total. The zero-order valence-electron chi connectivity index (χ0n) is 9.96. The molecule has 0 saturated carbocycles. The Morgan fingerprint density at radius 3 is 2.72 bits per heavy atom. The van der Waals surface area contributed by atoms with E-state index in [1.54, 1.807) is 23.5 Å². The smallest absolute Gasteiger partial charge is 0.325 e. The highest BCUT2D eigenvalue weighted by Gasteiger charge is 2.18. The van der Waals surface area contributed by atoms with E-state index in [1.807, 2.05) is 30.5 Å². The van der Waals surface area contributed by atoms with Crippen LogP contribution in [0.4, 0.5) is 0 Å². The van der Waals surface area contributed by atoms with Gasteiger partial charge in [-0.25, -0.2) is 4.98 Å². The van der Waals surface area contributed by atoms with Gasteiger partial charge in [0.15, 0.2) is 0 Å². The second-order valence-electron chi connectivity index (χ2n) is 3.92. The summed E-state index contributed by atoms with van der Waals surface area (Å²) in [6.45, 7) is 2.39. The number of aryl methyl sites for hydroxylation is 1. The van der Waals surface area contributed by atoms with Crippen molar-refractivity contribution in [3.05, 3.63) is 52.0 Å². The minimum atomic E-state index is -0.881. The zero-order chi connectivity index (χ0) is 13.0. The molecule has 94 valence electrons. The van der Waals surface area contributed by atoms with Crippen LogP contribution in [0.1, 0.15) is 22.3 Å². The van der Waals surface area contributed by atoms with Gasteiger partial charge in [0.1, 0.15) is 6.04 Å². The largest absolute Gasteiger partial charge is 0.480 e. The number of carboxylic acids is 1. The molecule has 0 amide bonds. The molecule has 0 aliphatic carbocycles. The minimum Gasteiger partial charge on any atom is -0.480 e. The molecule has 4 nitrogen and oxygen atoms in total. The van der Waals surface area contributed by atoms with E-state index < -0.39 is 12.0 Å². The SMILES string of the molecule is Cc1nc(CNC(C(=O)O)c2ccccc2)cs1. The number of rotatable bonds is 5. The molecule has 0 spiro atoms. The van der Waals surface area contributed by atoms with E-state index in [0.29, 0.717) is 6.54 Å². The summed E-state index contributed by atoms with van der Waals surface area (Å²) in [6, 6.07) is 8.44. The lowest BCUT2D eigenvalue weighted by molar-refractivity contribution is -0.139. The average Bonchev–Trinajstić information content (AvgIpc) is 2.76. The number of nitrogens with zero attached hydrogens (tertiary/aromatic N) is 1.